The minimum Gasteiger partial charge on any atom is -0.399 e. The van der Waals surface area contributed by atoms with E-state index >= 15 is 0 Å². The SMILES string of the molecule is Nc1cc(N)c2c(c1)sc1ccccc12. The molecule has 1 heterocycles. The fraction of sp³-hybridized carbons (Fsp3) is 0. The normalized spacial score (nSPS) is 11.2. The van der Waals surface area contributed by atoms with E-state index in [0.29, 0.717) is 0 Å². The Kier molecular flexibility index (Phi) is 1.64. The van der Waals surface area contributed by atoms with E-state index < -0.39 is 0 Å². The van der Waals surface area contributed by atoms with Gasteiger partial charge in [-0.15, -0.1) is 11.3 Å². The van der Waals surface area contributed by atoms with Crippen LogP contribution in [-0.4, -0.2) is 0 Å². The highest BCUT2D eigenvalue weighted by Gasteiger charge is 2.07. The van der Waals surface area contributed by atoms with Crippen molar-refractivity contribution in [2.75, 3.05) is 11.5 Å². The maximum atomic E-state index is 5.99. The lowest BCUT2D eigenvalue weighted by molar-refractivity contribution is 1.76. The van der Waals surface area contributed by atoms with Crippen LogP contribution in [0.3, 0.4) is 0 Å². The highest BCUT2D eigenvalue weighted by molar-refractivity contribution is 7.26. The summed E-state index contributed by atoms with van der Waals surface area (Å²) >= 11 is 1.73. The van der Waals surface area contributed by atoms with E-state index in [1.165, 1.54) is 10.1 Å². The average Bonchev–Trinajstić information content (AvgIpc) is 2.54. The zero-order chi connectivity index (χ0) is 10.4. The van der Waals surface area contributed by atoms with Gasteiger partial charge in [0.05, 0.1) is 0 Å². The van der Waals surface area contributed by atoms with Crippen LogP contribution in [0.15, 0.2) is 36.4 Å². The molecule has 0 aliphatic carbocycles. The Balaban J connectivity index is 2.61. The Morgan fingerprint density at radius 2 is 1.73 bits per heavy atom. The molecule has 2 nitrogen and oxygen atoms in total. The highest BCUT2D eigenvalue weighted by atomic mass is 32.1. The van der Waals surface area contributed by atoms with Crippen LogP contribution in [0, 0.1) is 0 Å². The fourth-order valence-electron chi connectivity index (χ4n) is 1.91. The lowest BCUT2D eigenvalue weighted by atomic mass is 10.1. The minimum atomic E-state index is 0.728. The predicted octanol–water partition coefficient (Wildman–Crippen LogP) is 3.22. The number of thiophene rings is 1. The highest BCUT2D eigenvalue weighted by Crippen LogP contribution is 2.38. The van der Waals surface area contributed by atoms with Crippen molar-refractivity contribution in [3.8, 4) is 0 Å². The molecule has 0 aliphatic rings. The number of nitrogens with two attached hydrogens (primary N) is 2. The Morgan fingerprint density at radius 3 is 2.60 bits per heavy atom. The summed E-state index contributed by atoms with van der Waals surface area (Å²) in [5, 5.41) is 2.35. The third-order valence-corrected chi connectivity index (χ3v) is 3.65. The molecule has 0 saturated heterocycles. The smallest absolute Gasteiger partial charge is 0.0429 e. The van der Waals surface area contributed by atoms with Crippen LogP contribution in [0.4, 0.5) is 11.4 Å². The number of fused-ring (bicyclic) bond motifs is 3. The molecule has 0 spiro atoms. The third-order valence-electron chi connectivity index (χ3n) is 2.53. The molecule has 2 aromatic carbocycles. The van der Waals surface area contributed by atoms with Gasteiger partial charge in [0, 0.05) is 31.5 Å². The molecular formula is C12H10N2S. The van der Waals surface area contributed by atoms with Crippen molar-refractivity contribution in [3.63, 3.8) is 0 Å². The van der Waals surface area contributed by atoms with Gasteiger partial charge in [0.2, 0.25) is 0 Å². The summed E-state index contributed by atoms with van der Waals surface area (Å²) in [6.07, 6.45) is 0. The summed E-state index contributed by atoms with van der Waals surface area (Å²) in [6, 6.07) is 12.1. The maximum Gasteiger partial charge on any atom is 0.0429 e. The first kappa shape index (κ1) is 8.56. The molecule has 0 radical (unpaired) electrons. The monoisotopic (exact) mass is 214 g/mol. The lowest BCUT2D eigenvalue weighted by Gasteiger charge is -1.99. The first-order chi connectivity index (χ1) is 7.25. The number of rotatable bonds is 0. The molecule has 0 unspecified atom stereocenters. The molecule has 1 aromatic heterocycles. The van der Waals surface area contributed by atoms with Gasteiger partial charge in [0.25, 0.3) is 0 Å². The molecule has 74 valence electrons. The Morgan fingerprint density at radius 1 is 0.933 bits per heavy atom. The van der Waals surface area contributed by atoms with Gasteiger partial charge in [-0.2, -0.15) is 0 Å². The first-order valence-electron chi connectivity index (χ1n) is 4.72. The molecule has 0 aliphatic heterocycles. The molecule has 3 rings (SSSR count). The number of hydrogen-bond donors (Lipinski definition) is 2. The van der Waals surface area contributed by atoms with Crippen LogP contribution in [0.5, 0.6) is 0 Å². The topological polar surface area (TPSA) is 52.0 Å². The summed E-state index contributed by atoms with van der Waals surface area (Å²) in [6.45, 7) is 0. The van der Waals surface area contributed by atoms with Gasteiger partial charge < -0.3 is 11.5 Å². The van der Waals surface area contributed by atoms with Gasteiger partial charge in [-0.3, -0.25) is 0 Å². The number of nitrogen functional groups attached to an aromatic ring is 2. The Hall–Kier alpha value is -1.74. The predicted molar refractivity (Wildman–Crippen MR) is 68.2 cm³/mol. The van der Waals surface area contributed by atoms with Crippen molar-refractivity contribution in [2.24, 2.45) is 0 Å². The van der Waals surface area contributed by atoms with Crippen LogP contribution >= 0.6 is 11.3 Å². The van der Waals surface area contributed by atoms with Crippen molar-refractivity contribution in [1.29, 1.82) is 0 Å². The summed E-state index contributed by atoms with van der Waals surface area (Å²) in [5.41, 5.74) is 13.3. The molecular weight excluding hydrogens is 204 g/mol. The largest absolute Gasteiger partial charge is 0.399 e. The number of hydrogen-bond acceptors (Lipinski definition) is 3. The van der Waals surface area contributed by atoms with Crippen molar-refractivity contribution in [1.82, 2.24) is 0 Å². The standard InChI is InChI=1S/C12H10N2S/c13-7-5-9(14)12-8-3-1-2-4-10(8)15-11(12)6-7/h1-6H,13-14H2. The third kappa shape index (κ3) is 1.17. The molecule has 0 atom stereocenters. The van der Waals surface area contributed by atoms with E-state index in [2.05, 4.69) is 12.1 Å². The summed E-state index contributed by atoms with van der Waals surface area (Å²) in [5.74, 6) is 0. The van der Waals surface area contributed by atoms with E-state index in [4.69, 9.17) is 11.5 Å². The van der Waals surface area contributed by atoms with Crippen LogP contribution in [-0.2, 0) is 0 Å². The van der Waals surface area contributed by atoms with Gasteiger partial charge in [-0.05, 0) is 18.2 Å². The first-order valence-corrected chi connectivity index (χ1v) is 5.53. The van der Waals surface area contributed by atoms with Gasteiger partial charge >= 0.3 is 0 Å². The van der Waals surface area contributed by atoms with Crippen molar-refractivity contribution in [2.45, 2.75) is 0 Å². The summed E-state index contributed by atoms with van der Waals surface area (Å²) in [4.78, 5) is 0. The van der Waals surface area contributed by atoms with E-state index in [1.807, 2.05) is 24.3 Å². The molecule has 0 bridgehead atoms. The summed E-state index contributed by atoms with van der Waals surface area (Å²) in [7, 11) is 0. The van der Waals surface area contributed by atoms with Crippen molar-refractivity contribution < 1.29 is 0 Å². The second kappa shape index (κ2) is 2.87. The summed E-state index contributed by atoms with van der Waals surface area (Å²) < 4.78 is 2.42. The molecule has 4 N–H and O–H groups in total. The second-order valence-electron chi connectivity index (χ2n) is 3.58. The van der Waals surface area contributed by atoms with Gasteiger partial charge in [-0.25, -0.2) is 0 Å². The van der Waals surface area contributed by atoms with E-state index in [-0.39, 0.29) is 0 Å². The Bertz CT molecular complexity index is 655. The number of benzene rings is 2. The average molecular weight is 214 g/mol. The van der Waals surface area contributed by atoms with E-state index in [0.717, 1.165) is 21.5 Å². The minimum absolute atomic E-state index is 0.728. The van der Waals surface area contributed by atoms with Gasteiger partial charge in [0.15, 0.2) is 0 Å². The number of anilines is 2. The van der Waals surface area contributed by atoms with Crippen molar-refractivity contribution >= 4 is 42.9 Å². The molecule has 0 saturated carbocycles. The fourth-order valence-corrected chi connectivity index (χ4v) is 3.10. The zero-order valence-corrected chi connectivity index (χ0v) is 8.84. The lowest BCUT2D eigenvalue weighted by Crippen LogP contribution is -1.89. The van der Waals surface area contributed by atoms with Crippen LogP contribution in [0.2, 0.25) is 0 Å². The van der Waals surface area contributed by atoms with E-state index in [9.17, 15) is 0 Å². The van der Waals surface area contributed by atoms with Gasteiger partial charge in [0.1, 0.15) is 0 Å². The molecule has 3 aromatic rings. The maximum absolute atomic E-state index is 5.99. The van der Waals surface area contributed by atoms with E-state index in [1.54, 1.807) is 11.3 Å². The van der Waals surface area contributed by atoms with Crippen molar-refractivity contribution in [3.05, 3.63) is 36.4 Å². The quantitative estimate of drug-likeness (QED) is 0.564. The molecule has 0 amide bonds. The van der Waals surface area contributed by atoms with Gasteiger partial charge in [-0.1, -0.05) is 18.2 Å². The molecule has 0 fully saturated rings. The zero-order valence-electron chi connectivity index (χ0n) is 8.03. The van der Waals surface area contributed by atoms with Crippen LogP contribution in [0.1, 0.15) is 0 Å². The van der Waals surface area contributed by atoms with Crippen LogP contribution < -0.4 is 11.5 Å². The van der Waals surface area contributed by atoms with Crippen LogP contribution in [0.25, 0.3) is 20.2 Å². The second-order valence-corrected chi connectivity index (χ2v) is 4.67. The molecule has 15 heavy (non-hydrogen) atoms. The Labute approximate surface area is 91.1 Å². The molecule has 3 heteroatoms.